The fraction of sp³-hybridized carbons (Fsp3) is 0.556. The summed E-state index contributed by atoms with van der Waals surface area (Å²) < 4.78 is 6.79. The topological polar surface area (TPSA) is 73.1 Å². The van der Waals surface area contributed by atoms with Gasteiger partial charge in [-0.25, -0.2) is 0 Å². The number of hydrogen-bond acceptors (Lipinski definition) is 5. The second kappa shape index (κ2) is 7.72. The molecule has 140 valence electrons. The van der Waals surface area contributed by atoms with Crippen LogP contribution in [0, 0.1) is 6.92 Å². The molecule has 0 saturated heterocycles. The summed E-state index contributed by atoms with van der Waals surface area (Å²) >= 11 is 6.29. The minimum Gasteiger partial charge on any atom is -0.375 e. The van der Waals surface area contributed by atoms with Gasteiger partial charge in [-0.3, -0.25) is 4.79 Å². The van der Waals surface area contributed by atoms with E-state index in [0.29, 0.717) is 10.8 Å². The number of halogens is 1. The van der Waals surface area contributed by atoms with E-state index in [1.165, 1.54) is 7.11 Å². The predicted molar refractivity (Wildman–Crippen MR) is 98.3 cm³/mol. The van der Waals surface area contributed by atoms with Crippen molar-refractivity contribution in [2.75, 3.05) is 20.8 Å². The normalized spacial score (nSPS) is 16.5. The van der Waals surface area contributed by atoms with Gasteiger partial charge in [-0.15, -0.1) is 5.10 Å². The second-order valence-electron chi connectivity index (χ2n) is 6.78. The summed E-state index contributed by atoms with van der Waals surface area (Å²) in [6, 6.07) is 5.66. The minimum absolute atomic E-state index is 0.0377. The lowest BCUT2D eigenvalue weighted by atomic mass is 9.79. The van der Waals surface area contributed by atoms with Gasteiger partial charge in [0.05, 0.1) is 5.69 Å². The molecule has 0 atom stereocenters. The van der Waals surface area contributed by atoms with E-state index in [2.05, 4.69) is 15.5 Å². The van der Waals surface area contributed by atoms with E-state index in [0.717, 1.165) is 43.4 Å². The quantitative estimate of drug-likeness (QED) is 0.801. The zero-order chi connectivity index (χ0) is 18.7. The molecule has 1 aliphatic carbocycles. The fourth-order valence-corrected chi connectivity index (χ4v) is 3.94. The van der Waals surface area contributed by atoms with E-state index in [1.807, 2.05) is 32.2 Å². The van der Waals surface area contributed by atoms with Crippen molar-refractivity contribution in [3.8, 4) is 5.69 Å². The number of amides is 1. The first kappa shape index (κ1) is 18.8. The number of methoxy groups -OCH3 is 1. The summed E-state index contributed by atoms with van der Waals surface area (Å²) in [6.45, 7) is 1.98. The van der Waals surface area contributed by atoms with Crippen molar-refractivity contribution >= 4 is 17.5 Å². The Labute approximate surface area is 158 Å². The van der Waals surface area contributed by atoms with Gasteiger partial charge in [0.1, 0.15) is 12.1 Å². The first-order valence-corrected chi connectivity index (χ1v) is 9.19. The van der Waals surface area contributed by atoms with E-state index in [1.54, 1.807) is 9.58 Å². The molecule has 1 aliphatic rings. The number of rotatable bonds is 5. The molecule has 1 aromatic carbocycles. The van der Waals surface area contributed by atoms with Crippen LogP contribution in [0.25, 0.3) is 5.69 Å². The number of aromatic nitrogens is 4. The number of tetrazole rings is 1. The number of likely N-dealkylation sites (N-methyl/N-ethyl adjacent to an activating group) is 1. The predicted octanol–water partition coefficient (Wildman–Crippen LogP) is 2.89. The molecule has 1 heterocycles. The summed E-state index contributed by atoms with van der Waals surface area (Å²) in [7, 11) is 3.34. The van der Waals surface area contributed by atoms with Gasteiger partial charge < -0.3 is 9.64 Å². The first-order valence-electron chi connectivity index (χ1n) is 8.81. The number of nitrogens with zero attached hydrogens (tertiary/aromatic N) is 5. The van der Waals surface area contributed by atoms with Crippen LogP contribution in [0.3, 0.4) is 0 Å². The maximum absolute atomic E-state index is 12.6. The van der Waals surface area contributed by atoms with E-state index >= 15 is 0 Å². The maximum Gasteiger partial charge on any atom is 0.249 e. The van der Waals surface area contributed by atoms with Crippen molar-refractivity contribution in [1.82, 2.24) is 25.1 Å². The lowest BCUT2D eigenvalue weighted by molar-refractivity contribution is -0.142. The number of ether oxygens (including phenoxy) is 1. The summed E-state index contributed by atoms with van der Waals surface area (Å²) in [5.41, 5.74) is 1.18. The lowest BCUT2D eigenvalue weighted by Gasteiger charge is -2.43. The Morgan fingerprint density at radius 2 is 2.08 bits per heavy atom. The van der Waals surface area contributed by atoms with Gasteiger partial charge in [-0.05, 0) is 47.9 Å². The monoisotopic (exact) mass is 377 g/mol. The van der Waals surface area contributed by atoms with Crippen LogP contribution in [-0.2, 0) is 15.1 Å². The zero-order valence-electron chi connectivity index (χ0n) is 15.4. The van der Waals surface area contributed by atoms with Crippen LogP contribution in [-0.4, -0.2) is 51.8 Å². The highest BCUT2D eigenvalue weighted by atomic mass is 35.5. The lowest BCUT2D eigenvalue weighted by Crippen LogP contribution is -2.51. The average molecular weight is 378 g/mol. The highest BCUT2D eigenvalue weighted by Crippen LogP contribution is 2.41. The minimum atomic E-state index is -0.549. The van der Waals surface area contributed by atoms with E-state index in [-0.39, 0.29) is 12.5 Å². The molecule has 0 aliphatic heterocycles. The molecular weight excluding hydrogens is 354 g/mol. The SMILES string of the molecule is COCC(=O)N(C)C1(c2nnnn2-c2cccc(Cl)c2C)CCCCC1. The van der Waals surface area contributed by atoms with Gasteiger partial charge in [0.2, 0.25) is 5.91 Å². The maximum atomic E-state index is 12.6. The van der Waals surface area contributed by atoms with Crippen LogP contribution in [0.1, 0.15) is 43.5 Å². The van der Waals surface area contributed by atoms with E-state index in [9.17, 15) is 4.79 Å². The molecule has 1 fully saturated rings. The number of carbonyl (C=O) groups is 1. The van der Waals surface area contributed by atoms with Crippen LogP contribution in [0.5, 0.6) is 0 Å². The molecule has 2 aromatic rings. The molecular formula is C18H24ClN5O2. The smallest absolute Gasteiger partial charge is 0.249 e. The molecule has 0 bridgehead atoms. The van der Waals surface area contributed by atoms with Gasteiger partial charge in [0, 0.05) is 19.2 Å². The Morgan fingerprint density at radius 3 is 2.77 bits per heavy atom. The Morgan fingerprint density at radius 1 is 1.35 bits per heavy atom. The Kier molecular flexibility index (Phi) is 5.58. The van der Waals surface area contributed by atoms with Crippen molar-refractivity contribution in [3.63, 3.8) is 0 Å². The van der Waals surface area contributed by atoms with Crippen LogP contribution < -0.4 is 0 Å². The Balaban J connectivity index is 2.11. The second-order valence-corrected chi connectivity index (χ2v) is 7.18. The number of carbonyl (C=O) groups excluding carboxylic acids is 1. The van der Waals surface area contributed by atoms with Gasteiger partial charge in [-0.2, -0.15) is 4.68 Å². The Hall–Kier alpha value is -1.99. The average Bonchev–Trinajstić information content (AvgIpc) is 3.14. The van der Waals surface area contributed by atoms with Gasteiger partial charge in [0.15, 0.2) is 5.82 Å². The summed E-state index contributed by atoms with van der Waals surface area (Å²) in [4.78, 5) is 14.4. The van der Waals surface area contributed by atoms with Gasteiger partial charge in [0.25, 0.3) is 0 Å². The molecule has 0 spiro atoms. The standard InChI is InChI=1S/C18H24ClN5O2/c1-13-14(19)8-7-9-15(13)24-17(20-21-22-24)18(10-5-4-6-11-18)23(2)16(25)12-26-3/h7-9H,4-6,10-12H2,1-3H3. The molecule has 0 unspecified atom stereocenters. The molecule has 7 nitrogen and oxygen atoms in total. The number of benzene rings is 1. The molecule has 0 N–H and O–H groups in total. The van der Waals surface area contributed by atoms with E-state index < -0.39 is 5.54 Å². The summed E-state index contributed by atoms with van der Waals surface area (Å²) in [5.74, 6) is 0.598. The molecule has 1 saturated carbocycles. The number of hydrogen-bond donors (Lipinski definition) is 0. The molecule has 3 rings (SSSR count). The highest BCUT2D eigenvalue weighted by Gasteiger charge is 2.44. The summed E-state index contributed by atoms with van der Waals surface area (Å²) in [6.07, 6.45) is 4.82. The van der Waals surface area contributed by atoms with Crippen LogP contribution in [0.2, 0.25) is 5.02 Å². The van der Waals surface area contributed by atoms with Crippen molar-refractivity contribution in [3.05, 3.63) is 34.6 Å². The first-order chi connectivity index (χ1) is 12.5. The van der Waals surface area contributed by atoms with Gasteiger partial charge >= 0.3 is 0 Å². The third-order valence-electron chi connectivity index (χ3n) is 5.32. The van der Waals surface area contributed by atoms with E-state index in [4.69, 9.17) is 16.3 Å². The van der Waals surface area contributed by atoms with Crippen LogP contribution in [0.15, 0.2) is 18.2 Å². The van der Waals surface area contributed by atoms with Crippen LogP contribution in [0.4, 0.5) is 0 Å². The third kappa shape index (κ3) is 3.21. The fourth-order valence-electron chi connectivity index (χ4n) is 3.77. The third-order valence-corrected chi connectivity index (χ3v) is 5.73. The highest BCUT2D eigenvalue weighted by molar-refractivity contribution is 6.31. The van der Waals surface area contributed by atoms with Gasteiger partial charge in [-0.1, -0.05) is 36.9 Å². The molecule has 1 amide bonds. The zero-order valence-corrected chi connectivity index (χ0v) is 16.2. The summed E-state index contributed by atoms with van der Waals surface area (Å²) in [5, 5.41) is 13.2. The van der Waals surface area contributed by atoms with Crippen molar-refractivity contribution < 1.29 is 9.53 Å². The molecule has 1 aromatic heterocycles. The Bertz CT molecular complexity index is 786. The van der Waals surface area contributed by atoms with Crippen molar-refractivity contribution in [2.24, 2.45) is 0 Å². The molecule has 8 heteroatoms. The van der Waals surface area contributed by atoms with Crippen molar-refractivity contribution in [1.29, 1.82) is 0 Å². The largest absolute Gasteiger partial charge is 0.375 e. The molecule has 0 radical (unpaired) electrons. The molecule has 26 heavy (non-hydrogen) atoms. The van der Waals surface area contributed by atoms with Crippen molar-refractivity contribution in [2.45, 2.75) is 44.6 Å². The van der Waals surface area contributed by atoms with Crippen LogP contribution >= 0.6 is 11.6 Å².